The number of likely N-dealkylation sites (tertiary alicyclic amines) is 1. The Labute approximate surface area is 135 Å². The number of carbonyl (C=O) groups excluding carboxylic acids is 1. The van der Waals surface area contributed by atoms with Crippen molar-refractivity contribution in [1.82, 2.24) is 9.80 Å². The van der Waals surface area contributed by atoms with Crippen molar-refractivity contribution in [3.63, 3.8) is 0 Å². The van der Waals surface area contributed by atoms with Crippen molar-refractivity contribution in [3.05, 3.63) is 28.2 Å². The fourth-order valence-corrected chi connectivity index (χ4v) is 3.32. The molecule has 0 bridgehead atoms. The van der Waals surface area contributed by atoms with Crippen LogP contribution in [0.4, 0.5) is 0 Å². The van der Waals surface area contributed by atoms with Crippen molar-refractivity contribution in [2.45, 2.75) is 26.3 Å². The summed E-state index contributed by atoms with van der Waals surface area (Å²) in [5.74, 6) is 0.690. The predicted octanol–water partition coefficient (Wildman–Crippen LogP) is 3.01. The van der Waals surface area contributed by atoms with Crippen molar-refractivity contribution in [2.24, 2.45) is 0 Å². The van der Waals surface area contributed by atoms with Crippen LogP contribution < -0.4 is 4.74 Å². The molecule has 0 N–H and O–H groups in total. The van der Waals surface area contributed by atoms with Crippen LogP contribution in [-0.2, 0) is 0 Å². The summed E-state index contributed by atoms with van der Waals surface area (Å²) in [6.45, 7) is 8.03. The van der Waals surface area contributed by atoms with Crippen molar-refractivity contribution in [2.75, 3.05) is 33.3 Å². The molecule has 1 unspecified atom stereocenters. The Bertz CT molecular complexity index is 503. The molecule has 116 valence electrons. The molecule has 4 nitrogen and oxygen atoms in total. The highest BCUT2D eigenvalue weighted by Gasteiger charge is 2.30. The summed E-state index contributed by atoms with van der Waals surface area (Å²) >= 11 is 3.41. The van der Waals surface area contributed by atoms with E-state index in [0.717, 1.165) is 37.1 Å². The van der Waals surface area contributed by atoms with Crippen molar-refractivity contribution < 1.29 is 9.53 Å². The van der Waals surface area contributed by atoms with Crippen LogP contribution in [0.5, 0.6) is 5.75 Å². The van der Waals surface area contributed by atoms with Crippen molar-refractivity contribution >= 4 is 21.8 Å². The first-order valence-corrected chi connectivity index (χ1v) is 8.26. The Kier molecular flexibility index (Phi) is 5.65. The SMILES string of the molecule is CCN(CC)C1CCN(C(=O)c2ccc(Br)cc2OC)C1. The Morgan fingerprint density at radius 3 is 2.76 bits per heavy atom. The number of methoxy groups -OCH3 is 1. The minimum absolute atomic E-state index is 0.0639. The highest BCUT2D eigenvalue weighted by molar-refractivity contribution is 9.10. The summed E-state index contributed by atoms with van der Waals surface area (Å²) in [5.41, 5.74) is 0.640. The molecule has 0 saturated carbocycles. The predicted molar refractivity (Wildman–Crippen MR) is 87.9 cm³/mol. The highest BCUT2D eigenvalue weighted by Crippen LogP contribution is 2.26. The lowest BCUT2D eigenvalue weighted by Gasteiger charge is -2.26. The summed E-state index contributed by atoms with van der Waals surface area (Å²) in [7, 11) is 1.60. The first-order valence-electron chi connectivity index (χ1n) is 7.47. The Balaban J connectivity index is 2.11. The number of hydrogen-bond acceptors (Lipinski definition) is 3. The van der Waals surface area contributed by atoms with E-state index in [9.17, 15) is 4.79 Å². The third-order valence-electron chi connectivity index (χ3n) is 4.17. The molecule has 1 fully saturated rings. The van der Waals surface area contributed by atoms with Gasteiger partial charge in [-0.05, 0) is 37.7 Å². The average Bonchev–Trinajstić information content (AvgIpc) is 2.97. The minimum Gasteiger partial charge on any atom is -0.496 e. The lowest BCUT2D eigenvalue weighted by Crippen LogP contribution is -2.38. The molecule has 0 radical (unpaired) electrons. The first-order chi connectivity index (χ1) is 10.1. The molecule has 21 heavy (non-hydrogen) atoms. The highest BCUT2D eigenvalue weighted by atomic mass is 79.9. The molecule has 1 saturated heterocycles. The second-order valence-corrected chi connectivity index (χ2v) is 6.18. The fraction of sp³-hybridized carbons (Fsp3) is 0.562. The summed E-state index contributed by atoms with van der Waals surface area (Å²) in [4.78, 5) is 17.1. The number of benzene rings is 1. The van der Waals surface area contributed by atoms with E-state index < -0.39 is 0 Å². The normalized spacial score (nSPS) is 18.3. The number of rotatable bonds is 5. The molecule has 1 amide bonds. The molecule has 0 spiro atoms. The Morgan fingerprint density at radius 1 is 1.43 bits per heavy atom. The fourth-order valence-electron chi connectivity index (χ4n) is 2.98. The number of carbonyl (C=O) groups is 1. The van der Waals surface area contributed by atoms with E-state index in [2.05, 4.69) is 34.7 Å². The number of likely N-dealkylation sites (N-methyl/N-ethyl adjacent to an activating group) is 1. The van der Waals surface area contributed by atoms with E-state index in [4.69, 9.17) is 4.74 Å². The van der Waals surface area contributed by atoms with E-state index in [1.165, 1.54) is 0 Å². The van der Waals surface area contributed by atoms with Gasteiger partial charge >= 0.3 is 0 Å². The molecular formula is C16H23BrN2O2. The number of hydrogen-bond donors (Lipinski definition) is 0. The lowest BCUT2D eigenvalue weighted by atomic mass is 10.1. The van der Waals surface area contributed by atoms with E-state index in [-0.39, 0.29) is 5.91 Å². The first kappa shape index (κ1) is 16.3. The number of halogens is 1. The van der Waals surface area contributed by atoms with Crippen molar-refractivity contribution in [3.8, 4) is 5.75 Å². The zero-order valence-corrected chi connectivity index (χ0v) is 14.5. The Morgan fingerprint density at radius 2 is 2.14 bits per heavy atom. The van der Waals surface area contributed by atoms with Crippen LogP contribution in [0.15, 0.2) is 22.7 Å². The van der Waals surface area contributed by atoms with Gasteiger partial charge in [-0.3, -0.25) is 9.69 Å². The zero-order valence-electron chi connectivity index (χ0n) is 12.9. The summed E-state index contributed by atoms with van der Waals surface area (Å²) in [6, 6.07) is 6.03. The van der Waals surface area contributed by atoms with Gasteiger partial charge in [-0.25, -0.2) is 0 Å². The summed E-state index contributed by atoms with van der Waals surface area (Å²) < 4.78 is 6.25. The van der Waals surface area contributed by atoms with E-state index >= 15 is 0 Å². The van der Waals surface area contributed by atoms with Gasteiger partial charge < -0.3 is 9.64 Å². The third kappa shape index (κ3) is 3.58. The molecule has 1 heterocycles. The van der Waals surface area contributed by atoms with Crippen LogP contribution in [0, 0.1) is 0 Å². The zero-order chi connectivity index (χ0) is 15.4. The van der Waals surface area contributed by atoms with Crippen LogP contribution >= 0.6 is 15.9 Å². The van der Waals surface area contributed by atoms with Gasteiger partial charge in [-0.1, -0.05) is 29.8 Å². The molecule has 1 atom stereocenters. The second-order valence-electron chi connectivity index (χ2n) is 5.26. The van der Waals surface area contributed by atoms with Gasteiger partial charge in [-0.15, -0.1) is 0 Å². The summed E-state index contributed by atoms with van der Waals surface area (Å²) in [6.07, 6.45) is 1.05. The second kappa shape index (κ2) is 7.27. The van der Waals surface area contributed by atoms with E-state index in [0.29, 0.717) is 17.4 Å². The van der Waals surface area contributed by atoms with Gasteiger partial charge in [-0.2, -0.15) is 0 Å². The maximum atomic E-state index is 12.7. The monoisotopic (exact) mass is 354 g/mol. The standard InChI is InChI=1S/C16H23BrN2O2/c1-4-18(5-2)13-8-9-19(11-13)16(20)14-7-6-12(17)10-15(14)21-3/h6-7,10,13H,4-5,8-9,11H2,1-3H3. The van der Waals surface area contributed by atoms with Crippen molar-refractivity contribution in [1.29, 1.82) is 0 Å². The summed E-state index contributed by atoms with van der Waals surface area (Å²) in [5, 5.41) is 0. The van der Waals surface area contributed by atoms with Gasteiger partial charge in [0.2, 0.25) is 0 Å². The topological polar surface area (TPSA) is 32.8 Å². The Hall–Kier alpha value is -1.07. The van der Waals surface area contributed by atoms with Gasteiger partial charge in [0.05, 0.1) is 12.7 Å². The van der Waals surface area contributed by atoms with E-state index in [1.807, 2.05) is 23.1 Å². The largest absolute Gasteiger partial charge is 0.496 e. The average molecular weight is 355 g/mol. The van der Waals surface area contributed by atoms with Gasteiger partial charge in [0, 0.05) is 23.6 Å². The molecule has 1 aliphatic heterocycles. The molecule has 0 aliphatic carbocycles. The van der Waals surface area contributed by atoms with Crippen LogP contribution in [-0.4, -0.2) is 55.0 Å². The van der Waals surface area contributed by atoms with Crippen LogP contribution in [0.25, 0.3) is 0 Å². The van der Waals surface area contributed by atoms with Gasteiger partial charge in [0.15, 0.2) is 0 Å². The van der Waals surface area contributed by atoms with Crippen LogP contribution in [0.1, 0.15) is 30.6 Å². The van der Waals surface area contributed by atoms with Gasteiger partial charge in [0.25, 0.3) is 5.91 Å². The molecule has 5 heteroatoms. The van der Waals surface area contributed by atoms with Crippen LogP contribution in [0.3, 0.4) is 0 Å². The molecule has 2 rings (SSSR count). The minimum atomic E-state index is 0.0639. The number of amides is 1. The molecule has 1 aromatic carbocycles. The number of ether oxygens (including phenoxy) is 1. The lowest BCUT2D eigenvalue weighted by molar-refractivity contribution is 0.0774. The smallest absolute Gasteiger partial charge is 0.257 e. The van der Waals surface area contributed by atoms with E-state index in [1.54, 1.807) is 7.11 Å². The maximum Gasteiger partial charge on any atom is 0.257 e. The maximum absolute atomic E-state index is 12.7. The molecular weight excluding hydrogens is 332 g/mol. The molecule has 1 aromatic rings. The molecule has 0 aromatic heterocycles. The third-order valence-corrected chi connectivity index (χ3v) is 4.67. The molecule has 1 aliphatic rings. The number of nitrogens with zero attached hydrogens (tertiary/aromatic N) is 2. The van der Waals surface area contributed by atoms with Crippen LogP contribution in [0.2, 0.25) is 0 Å². The quantitative estimate of drug-likeness (QED) is 0.814. The van der Waals surface area contributed by atoms with Gasteiger partial charge in [0.1, 0.15) is 5.75 Å².